The van der Waals surface area contributed by atoms with E-state index in [9.17, 15) is 4.79 Å². The molecule has 1 atom stereocenters. The van der Waals surface area contributed by atoms with Gasteiger partial charge in [0.1, 0.15) is 6.04 Å². The molecule has 0 radical (unpaired) electrons. The van der Waals surface area contributed by atoms with Crippen molar-refractivity contribution < 1.29 is 4.79 Å². The van der Waals surface area contributed by atoms with E-state index in [0.29, 0.717) is 0 Å². The Labute approximate surface area is 116 Å². The zero-order valence-corrected chi connectivity index (χ0v) is 12.4. The van der Waals surface area contributed by atoms with Gasteiger partial charge in [-0.25, -0.2) is 0 Å². The lowest BCUT2D eigenvalue weighted by Crippen LogP contribution is -2.45. The number of anilines is 1. The van der Waals surface area contributed by atoms with Gasteiger partial charge in [-0.3, -0.25) is 4.79 Å². The fourth-order valence-electron chi connectivity index (χ4n) is 2.68. The molecule has 1 aliphatic rings. The zero-order valence-electron chi connectivity index (χ0n) is 12.4. The van der Waals surface area contributed by atoms with Gasteiger partial charge in [0.2, 0.25) is 5.91 Å². The van der Waals surface area contributed by atoms with Crippen molar-refractivity contribution in [1.29, 1.82) is 0 Å². The van der Waals surface area contributed by atoms with E-state index in [0.717, 1.165) is 25.1 Å². The van der Waals surface area contributed by atoms with Crippen molar-refractivity contribution in [1.82, 2.24) is 4.90 Å². The maximum Gasteiger partial charge on any atom is 0.244 e. The predicted molar refractivity (Wildman–Crippen MR) is 79.3 cm³/mol. The lowest BCUT2D eigenvalue weighted by Gasteiger charge is -2.32. The molecule has 19 heavy (non-hydrogen) atoms. The number of likely N-dealkylation sites (N-methyl/N-ethyl adjacent to an activating group) is 1. The highest BCUT2D eigenvalue weighted by molar-refractivity contribution is 5.85. The molecule has 0 fully saturated rings. The quantitative estimate of drug-likeness (QED) is 0.886. The standard InChI is InChI=1S/C16H24N2O/c1-16(2,3)11-18(4)15(19)14-10-9-12-7-5-6-8-13(12)17-14/h5-8,14,17H,9-11H2,1-4H3. The molecule has 0 aromatic heterocycles. The Bertz CT molecular complexity index is 462. The van der Waals surface area contributed by atoms with Crippen LogP contribution in [0, 0.1) is 5.41 Å². The van der Waals surface area contributed by atoms with Crippen molar-refractivity contribution in [3.63, 3.8) is 0 Å². The van der Waals surface area contributed by atoms with Crippen LogP contribution in [-0.2, 0) is 11.2 Å². The Balaban J connectivity index is 2.03. The highest BCUT2D eigenvalue weighted by Crippen LogP contribution is 2.25. The largest absolute Gasteiger partial charge is 0.373 e. The molecule has 0 aliphatic carbocycles. The van der Waals surface area contributed by atoms with E-state index in [4.69, 9.17) is 0 Å². The van der Waals surface area contributed by atoms with Crippen molar-refractivity contribution >= 4 is 11.6 Å². The topological polar surface area (TPSA) is 32.3 Å². The van der Waals surface area contributed by atoms with E-state index < -0.39 is 0 Å². The van der Waals surface area contributed by atoms with E-state index in [1.807, 2.05) is 24.1 Å². The Kier molecular flexibility index (Phi) is 3.83. The van der Waals surface area contributed by atoms with Crippen molar-refractivity contribution in [2.24, 2.45) is 5.41 Å². The van der Waals surface area contributed by atoms with Gasteiger partial charge in [-0.05, 0) is 29.9 Å². The first kappa shape index (κ1) is 13.9. The number of hydrogen-bond acceptors (Lipinski definition) is 2. The van der Waals surface area contributed by atoms with Gasteiger partial charge in [-0.2, -0.15) is 0 Å². The molecule has 1 amide bonds. The van der Waals surface area contributed by atoms with Gasteiger partial charge >= 0.3 is 0 Å². The lowest BCUT2D eigenvalue weighted by molar-refractivity contribution is -0.132. The van der Waals surface area contributed by atoms with Crippen molar-refractivity contribution in [2.75, 3.05) is 18.9 Å². The molecular weight excluding hydrogens is 236 g/mol. The second-order valence-electron chi connectivity index (χ2n) is 6.65. The second-order valence-corrected chi connectivity index (χ2v) is 6.65. The minimum Gasteiger partial charge on any atom is -0.373 e. The zero-order chi connectivity index (χ0) is 14.0. The first-order chi connectivity index (χ1) is 8.87. The lowest BCUT2D eigenvalue weighted by atomic mass is 9.94. The molecule has 104 valence electrons. The monoisotopic (exact) mass is 260 g/mol. The van der Waals surface area contributed by atoms with Gasteiger partial charge in [0, 0.05) is 19.3 Å². The molecule has 0 saturated heterocycles. The smallest absolute Gasteiger partial charge is 0.244 e. The number of hydrogen-bond donors (Lipinski definition) is 1. The number of nitrogens with zero attached hydrogens (tertiary/aromatic N) is 1. The number of carbonyl (C=O) groups excluding carboxylic acids is 1. The molecule has 1 heterocycles. The van der Waals surface area contributed by atoms with Crippen molar-refractivity contribution in [3.05, 3.63) is 29.8 Å². The van der Waals surface area contributed by atoms with Gasteiger partial charge in [-0.1, -0.05) is 39.0 Å². The molecule has 2 rings (SSSR count). The van der Waals surface area contributed by atoms with Gasteiger partial charge in [0.15, 0.2) is 0 Å². The van der Waals surface area contributed by atoms with Crippen LogP contribution in [-0.4, -0.2) is 30.4 Å². The summed E-state index contributed by atoms with van der Waals surface area (Å²) in [7, 11) is 1.90. The van der Waals surface area contributed by atoms with Crippen LogP contribution in [0.25, 0.3) is 0 Å². The molecule has 1 aliphatic heterocycles. The number of nitrogens with one attached hydrogen (secondary N) is 1. The van der Waals surface area contributed by atoms with Crippen LogP contribution in [0.2, 0.25) is 0 Å². The predicted octanol–water partition coefficient (Wildman–Crippen LogP) is 2.92. The molecule has 0 saturated carbocycles. The summed E-state index contributed by atoms with van der Waals surface area (Å²) in [4.78, 5) is 14.3. The number of aryl methyl sites for hydroxylation is 1. The van der Waals surface area contributed by atoms with Crippen LogP contribution in [0.4, 0.5) is 5.69 Å². The first-order valence-corrected chi connectivity index (χ1v) is 6.96. The van der Waals surface area contributed by atoms with E-state index in [-0.39, 0.29) is 17.4 Å². The van der Waals surface area contributed by atoms with Gasteiger partial charge < -0.3 is 10.2 Å². The molecule has 1 unspecified atom stereocenters. The molecule has 0 bridgehead atoms. The van der Waals surface area contributed by atoms with Gasteiger partial charge in [0.25, 0.3) is 0 Å². The second kappa shape index (κ2) is 5.24. The van der Waals surface area contributed by atoms with Crippen LogP contribution in [0.5, 0.6) is 0 Å². The maximum atomic E-state index is 12.4. The molecule has 3 nitrogen and oxygen atoms in total. The minimum atomic E-state index is -0.0813. The third-order valence-electron chi connectivity index (χ3n) is 3.44. The molecule has 1 aromatic rings. The number of carbonyl (C=O) groups is 1. The highest BCUT2D eigenvalue weighted by Gasteiger charge is 2.27. The SMILES string of the molecule is CN(CC(C)(C)C)C(=O)C1CCc2ccccc2N1. The summed E-state index contributed by atoms with van der Waals surface area (Å²) in [5, 5.41) is 3.37. The summed E-state index contributed by atoms with van der Waals surface area (Å²) in [6, 6.07) is 8.16. The molecule has 1 N–H and O–H groups in total. The van der Waals surface area contributed by atoms with E-state index in [1.54, 1.807) is 0 Å². The van der Waals surface area contributed by atoms with Crippen LogP contribution in [0.3, 0.4) is 0 Å². The Morgan fingerprint density at radius 1 is 1.37 bits per heavy atom. The summed E-state index contributed by atoms with van der Waals surface area (Å²) < 4.78 is 0. The minimum absolute atomic E-state index is 0.0813. The molecule has 3 heteroatoms. The first-order valence-electron chi connectivity index (χ1n) is 6.96. The summed E-state index contributed by atoms with van der Waals surface area (Å²) in [6.45, 7) is 7.24. The Hall–Kier alpha value is -1.51. The van der Waals surface area contributed by atoms with Crippen LogP contribution < -0.4 is 5.32 Å². The number of para-hydroxylation sites is 1. The number of rotatable bonds is 2. The maximum absolute atomic E-state index is 12.4. The Morgan fingerprint density at radius 2 is 2.05 bits per heavy atom. The fraction of sp³-hybridized carbons (Fsp3) is 0.562. The van der Waals surface area contributed by atoms with E-state index in [2.05, 4.69) is 38.2 Å². The number of amides is 1. The number of fused-ring (bicyclic) bond motifs is 1. The average molecular weight is 260 g/mol. The van der Waals surface area contributed by atoms with Gasteiger partial charge in [-0.15, -0.1) is 0 Å². The van der Waals surface area contributed by atoms with Crippen molar-refractivity contribution in [3.8, 4) is 0 Å². The molecular formula is C16H24N2O. The number of benzene rings is 1. The summed E-state index contributed by atoms with van der Waals surface area (Å²) in [5.74, 6) is 0.199. The molecule has 1 aromatic carbocycles. The van der Waals surface area contributed by atoms with Crippen LogP contribution in [0.15, 0.2) is 24.3 Å². The Morgan fingerprint density at radius 3 is 2.74 bits per heavy atom. The molecule has 0 spiro atoms. The summed E-state index contributed by atoms with van der Waals surface area (Å²) >= 11 is 0. The normalized spacial score (nSPS) is 18.4. The summed E-state index contributed by atoms with van der Waals surface area (Å²) in [5.41, 5.74) is 2.55. The van der Waals surface area contributed by atoms with Crippen molar-refractivity contribution in [2.45, 2.75) is 39.7 Å². The third kappa shape index (κ3) is 3.49. The fourth-order valence-corrected chi connectivity index (χ4v) is 2.68. The summed E-state index contributed by atoms with van der Waals surface area (Å²) in [6.07, 6.45) is 1.85. The average Bonchev–Trinajstić information content (AvgIpc) is 2.35. The highest BCUT2D eigenvalue weighted by atomic mass is 16.2. The van der Waals surface area contributed by atoms with Gasteiger partial charge in [0.05, 0.1) is 0 Å². The van der Waals surface area contributed by atoms with E-state index in [1.165, 1.54) is 5.56 Å². The van der Waals surface area contributed by atoms with Crippen LogP contribution in [0.1, 0.15) is 32.8 Å². The third-order valence-corrected chi connectivity index (χ3v) is 3.44. The van der Waals surface area contributed by atoms with Crippen LogP contribution >= 0.6 is 0 Å². The van der Waals surface area contributed by atoms with E-state index >= 15 is 0 Å².